The Morgan fingerprint density at radius 1 is 1.24 bits per heavy atom. The lowest BCUT2D eigenvalue weighted by Crippen LogP contribution is -2.42. The minimum absolute atomic E-state index is 0.0813. The number of halogens is 2. The monoisotopic (exact) mass is 244 g/mol. The molecule has 0 aliphatic heterocycles. The van der Waals surface area contributed by atoms with E-state index < -0.39 is 23.3 Å². The summed E-state index contributed by atoms with van der Waals surface area (Å²) in [5, 5.41) is 20.0. The van der Waals surface area contributed by atoms with E-state index in [-0.39, 0.29) is 12.0 Å². The Morgan fingerprint density at radius 2 is 1.82 bits per heavy atom. The predicted molar refractivity (Wildman–Crippen MR) is 61.6 cm³/mol. The Bertz CT molecular complexity index is 376. The molecule has 1 aromatic rings. The molecule has 4 heteroatoms. The van der Waals surface area contributed by atoms with Crippen LogP contribution < -0.4 is 0 Å². The second kappa shape index (κ2) is 5.56. The Hall–Kier alpha value is -1.00. The summed E-state index contributed by atoms with van der Waals surface area (Å²) < 4.78 is 26.4. The van der Waals surface area contributed by atoms with Crippen molar-refractivity contribution in [1.82, 2.24) is 0 Å². The number of aliphatic hydroxyl groups is 2. The maximum absolute atomic E-state index is 13.4. The summed E-state index contributed by atoms with van der Waals surface area (Å²) in [6.07, 6.45) is -0.473. The minimum Gasteiger partial charge on any atom is -0.390 e. The van der Waals surface area contributed by atoms with Crippen LogP contribution in [-0.4, -0.2) is 21.9 Å². The molecular formula is C13H18F2O2. The van der Waals surface area contributed by atoms with E-state index in [0.29, 0.717) is 12.8 Å². The average Bonchev–Trinajstić information content (AvgIpc) is 2.33. The fourth-order valence-electron chi connectivity index (χ4n) is 1.83. The third-order valence-corrected chi connectivity index (χ3v) is 3.29. The van der Waals surface area contributed by atoms with Crippen molar-refractivity contribution >= 4 is 0 Å². The van der Waals surface area contributed by atoms with Crippen molar-refractivity contribution in [3.63, 3.8) is 0 Å². The third kappa shape index (κ3) is 3.01. The fraction of sp³-hybridized carbons (Fsp3) is 0.538. The lowest BCUT2D eigenvalue weighted by atomic mass is 9.87. The molecule has 0 aliphatic carbocycles. The number of benzene rings is 1. The van der Waals surface area contributed by atoms with Crippen LogP contribution in [0.2, 0.25) is 0 Å². The normalized spacial score (nSPS) is 13.8. The molecule has 0 fully saturated rings. The Balaban J connectivity index is 2.88. The zero-order chi connectivity index (χ0) is 13.1. The van der Waals surface area contributed by atoms with E-state index in [0.717, 1.165) is 6.07 Å². The molecule has 1 atom stereocenters. The van der Waals surface area contributed by atoms with Crippen LogP contribution in [0.25, 0.3) is 0 Å². The van der Waals surface area contributed by atoms with E-state index in [9.17, 15) is 19.0 Å². The number of rotatable bonds is 5. The van der Waals surface area contributed by atoms with E-state index in [2.05, 4.69) is 0 Å². The van der Waals surface area contributed by atoms with Crippen LogP contribution >= 0.6 is 0 Å². The van der Waals surface area contributed by atoms with Crippen LogP contribution in [0.1, 0.15) is 32.3 Å². The third-order valence-electron chi connectivity index (χ3n) is 3.29. The SMILES string of the molecule is CCC(O)(CC)C(O)Cc1cccc(F)c1F. The molecule has 0 radical (unpaired) electrons. The average molecular weight is 244 g/mol. The standard InChI is InChI=1S/C13H18F2O2/c1-3-13(17,4-2)11(16)8-9-6-5-7-10(14)12(9)15/h5-7,11,16-17H,3-4,8H2,1-2H3. The Morgan fingerprint density at radius 3 is 2.35 bits per heavy atom. The van der Waals surface area contributed by atoms with Crippen molar-refractivity contribution in [1.29, 1.82) is 0 Å². The van der Waals surface area contributed by atoms with Crippen LogP contribution in [0.3, 0.4) is 0 Å². The first kappa shape index (κ1) is 14.1. The summed E-state index contributed by atoms with van der Waals surface area (Å²) in [4.78, 5) is 0. The summed E-state index contributed by atoms with van der Waals surface area (Å²) in [7, 11) is 0. The molecule has 1 unspecified atom stereocenters. The molecule has 0 amide bonds. The minimum atomic E-state index is -1.25. The molecule has 0 saturated heterocycles. The first-order valence-corrected chi connectivity index (χ1v) is 5.78. The molecule has 1 rings (SSSR count). The second-order valence-corrected chi connectivity index (χ2v) is 4.24. The molecule has 0 bridgehead atoms. The summed E-state index contributed by atoms with van der Waals surface area (Å²) >= 11 is 0. The highest BCUT2D eigenvalue weighted by molar-refractivity contribution is 5.20. The van der Waals surface area contributed by atoms with Crippen molar-refractivity contribution in [2.24, 2.45) is 0 Å². The van der Waals surface area contributed by atoms with Crippen molar-refractivity contribution in [3.8, 4) is 0 Å². The van der Waals surface area contributed by atoms with E-state index in [1.165, 1.54) is 12.1 Å². The maximum atomic E-state index is 13.4. The van der Waals surface area contributed by atoms with Gasteiger partial charge in [0.05, 0.1) is 11.7 Å². The van der Waals surface area contributed by atoms with Gasteiger partial charge in [0.15, 0.2) is 11.6 Å². The van der Waals surface area contributed by atoms with Gasteiger partial charge in [0.25, 0.3) is 0 Å². The predicted octanol–water partition coefficient (Wildman–Crippen LogP) is 2.42. The molecule has 0 aliphatic rings. The van der Waals surface area contributed by atoms with Gasteiger partial charge in [-0.15, -0.1) is 0 Å². The summed E-state index contributed by atoms with van der Waals surface area (Å²) in [5.41, 5.74) is -1.17. The van der Waals surface area contributed by atoms with Gasteiger partial charge in [0.1, 0.15) is 0 Å². The van der Waals surface area contributed by atoms with Crippen LogP contribution in [0.4, 0.5) is 8.78 Å². The molecule has 0 aromatic heterocycles. The van der Waals surface area contributed by atoms with Crippen molar-refractivity contribution in [3.05, 3.63) is 35.4 Å². The molecule has 2 N–H and O–H groups in total. The highest BCUT2D eigenvalue weighted by Crippen LogP contribution is 2.24. The van der Waals surface area contributed by atoms with E-state index in [1.807, 2.05) is 0 Å². The quantitative estimate of drug-likeness (QED) is 0.835. The fourth-order valence-corrected chi connectivity index (χ4v) is 1.83. The first-order chi connectivity index (χ1) is 7.94. The largest absolute Gasteiger partial charge is 0.390 e. The molecule has 17 heavy (non-hydrogen) atoms. The van der Waals surface area contributed by atoms with Crippen LogP contribution in [-0.2, 0) is 6.42 Å². The van der Waals surface area contributed by atoms with Gasteiger partial charge in [-0.05, 0) is 24.5 Å². The molecule has 0 spiro atoms. The van der Waals surface area contributed by atoms with Gasteiger partial charge >= 0.3 is 0 Å². The van der Waals surface area contributed by atoms with Crippen molar-refractivity contribution < 1.29 is 19.0 Å². The van der Waals surface area contributed by atoms with Gasteiger partial charge < -0.3 is 10.2 Å². The lowest BCUT2D eigenvalue weighted by Gasteiger charge is -2.31. The molecule has 96 valence electrons. The number of aliphatic hydroxyl groups excluding tert-OH is 1. The van der Waals surface area contributed by atoms with Crippen LogP contribution in [0, 0.1) is 11.6 Å². The van der Waals surface area contributed by atoms with Crippen LogP contribution in [0.15, 0.2) is 18.2 Å². The number of hydrogen-bond donors (Lipinski definition) is 2. The van der Waals surface area contributed by atoms with Gasteiger partial charge in [-0.25, -0.2) is 8.78 Å². The lowest BCUT2D eigenvalue weighted by molar-refractivity contribution is -0.0793. The van der Waals surface area contributed by atoms with Gasteiger partial charge in [-0.2, -0.15) is 0 Å². The van der Waals surface area contributed by atoms with Gasteiger partial charge in [0, 0.05) is 6.42 Å². The first-order valence-electron chi connectivity index (χ1n) is 5.78. The Labute approximate surface area is 99.9 Å². The summed E-state index contributed by atoms with van der Waals surface area (Å²) in [6.45, 7) is 3.49. The van der Waals surface area contributed by atoms with E-state index in [4.69, 9.17) is 0 Å². The maximum Gasteiger partial charge on any atom is 0.162 e. The topological polar surface area (TPSA) is 40.5 Å². The highest BCUT2D eigenvalue weighted by atomic mass is 19.2. The number of hydrogen-bond acceptors (Lipinski definition) is 2. The van der Waals surface area contributed by atoms with Gasteiger partial charge in [-0.1, -0.05) is 26.0 Å². The Kier molecular flexibility index (Phi) is 4.60. The zero-order valence-corrected chi connectivity index (χ0v) is 10.1. The summed E-state index contributed by atoms with van der Waals surface area (Å²) in [6, 6.07) is 3.82. The molecule has 0 heterocycles. The molecule has 0 saturated carbocycles. The molecular weight excluding hydrogens is 226 g/mol. The van der Waals surface area contributed by atoms with Crippen molar-refractivity contribution in [2.75, 3.05) is 0 Å². The van der Waals surface area contributed by atoms with Gasteiger partial charge in [-0.3, -0.25) is 0 Å². The second-order valence-electron chi connectivity index (χ2n) is 4.24. The zero-order valence-electron chi connectivity index (χ0n) is 10.1. The molecule has 2 nitrogen and oxygen atoms in total. The highest BCUT2D eigenvalue weighted by Gasteiger charge is 2.32. The van der Waals surface area contributed by atoms with Crippen molar-refractivity contribution in [2.45, 2.75) is 44.8 Å². The smallest absolute Gasteiger partial charge is 0.162 e. The van der Waals surface area contributed by atoms with E-state index in [1.54, 1.807) is 13.8 Å². The summed E-state index contributed by atoms with van der Waals surface area (Å²) in [5.74, 6) is -1.90. The van der Waals surface area contributed by atoms with E-state index >= 15 is 0 Å². The van der Waals surface area contributed by atoms with Crippen LogP contribution in [0.5, 0.6) is 0 Å². The van der Waals surface area contributed by atoms with Gasteiger partial charge in [0.2, 0.25) is 0 Å². The molecule has 1 aromatic carbocycles.